The third-order valence-electron chi connectivity index (χ3n) is 3.54. The Morgan fingerprint density at radius 1 is 1.18 bits per heavy atom. The highest BCUT2D eigenvalue weighted by atomic mass is 32.1. The van der Waals surface area contributed by atoms with Crippen LogP contribution in [0.15, 0.2) is 29.6 Å². The van der Waals surface area contributed by atoms with Crippen LogP contribution in [0.1, 0.15) is 30.2 Å². The van der Waals surface area contributed by atoms with Gasteiger partial charge < -0.3 is 10.6 Å². The van der Waals surface area contributed by atoms with E-state index in [1.54, 1.807) is 11.3 Å². The summed E-state index contributed by atoms with van der Waals surface area (Å²) in [5.41, 5.74) is 3.56. The highest BCUT2D eigenvalue weighted by molar-refractivity contribution is 7.13. The Morgan fingerprint density at radius 2 is 1.91 bits per heavy atom. The van der Waals surface area contributed by atoms with Gasteiger partial charge in [0.1, 0.15) is 0 Å². The summed E-state index contributed by atoms with van der Waals surface area (Å²) in [6, 6.07) is 8.49. The molecule has 1 aromatic heterocycles. The predicted molar refractivity (Wildman–Crippen MR) is 92.5 cm³/mol. The number of aryl methyl sites for hydroxylation is 2. The Hall–Kier alpha value is -1.88. The lowest BCUT2D eigenvalue weighted by Crippen LogP contribution is -2.25. The van der Waals surface area contributed by atoms with Crippen molar-refractivity contribution in [2.75, 3.05) is 18.9 Å². The molecule has 0 saturated carbocycles. The van der Waals surface area contributed by atoms with Gasteiger partial charge in [-0.1, -0.05) is 31.2 Å². The number of hydrogen-bond donors (Lipinski definition) is 2. The molecule has 0 fully saturated rings. The van der Waals surface area contributed by atoms with E-state index >= 15 is 0 Å². The molecular formula is C17H23N3OS. The molecular weight excluding hydrogens is 294 g/mol. The van der Waals surface area contributed by atoms with Gasteiger partial charge in [-0.25, -0.2) is 4.98 Å². The first kappa shape index (κ1) is 16.5. The van der Waals surface area contributed by atoms with Crippen LogP contribution in [0.2, 0.25) is 0 Å². The quantitative estimate of drug-likeness (QED) is 0.787. The molecule has 2 rings (SSSR count). The molecule has 2 aromatic rings. The van der Waals surface area contributed by atoms with Crippen molar-refractivity contribution in [3.63, 3.8) is 0 Å². The molecule has 1 amide bonds. The van der Waals surface area contributed by atoms with E-state index in [0.717, 1.165) is 30.1 Å². The predicted octanol–water partition coefficient (Wildman–Crippen LogP) is 3.04. The number of benzene rings is 1. The van der Waals surface area contributed by atoms with Crippen LogP contribution in [0.25, 0.3) is 0 Å². The average Bonchev–Trinajstić information content (AvgIpc) is 3.01. The van der Waals surface area contributed by atoms with Gasteiger partial charge in [0.05, 0.1) is 5.69 Å². The van der Waals surface area contributed by atoms with Gasteiger partial charge in [0.2, 0.25) is 5.91 Å². The fourth-order valence-corrected chi connectivity index (χ4v) is 2.86. The molecule has 0 atom stereocenters. The number of nitrogens with one attached hydrogen (secondary N) is 2. The molecule has 0 saturated heterocycles. The van der Waals surface area contributed by atoms with E-state index in [-0.39, 0.29) is 5.91 Å². The molecule has 5 heteroatoms. The Labute approximate surface area is 136 Å². The van der Waals surface area contributed by atoms with Crippen molar-refractivity contribution in [2.45, 2.75) is 32.6 Å². The molecule has 118 valence electrons. The van der Waals surface area contributed by atoms with Crippen molar-refractivity contribution < 1.29 is 4.79 Å². The van der Waals surface area contributed by atoms with E-state index < -0.39 is 0 Å². The highest BCUT2D eigenvalue weighted by Gasteiger charge is 2.04. The first-order chi connectivity index (χ1) is 10.7. The van der Waals surface area contributed by atoms with Crippen molar-refractivity contribution in [3.8, 4) is 0 Å². The van der Waals surface area contributed by atoms with Crippen LogP contribution >= 0.6 is 11.3 Å². The summed E-state index contributed by atoms with van der Waals surface area (Å²) in [5.74, 6) is 0.101. The summed E-state index contributed by atoms with van der Waals surface area (Å²) < 4.78 is 0. The fourth-order valence-electron chi connectivity index (χ4n) is 2.15. The summed E-state index contributed by atoms with van der Waals surface area (Å²) in [5, 5.41) is 8.90. The molecule has 4 nitrogen and oxygen atoms in total. The summed E-state index contributed by atoms with van der Waals surface area (Å²) in [6.45, 7) is 2.78. The third kappa shape index (κ3) is 5.15. The van der Waals surface area contributed by atoms with Crippen LogP contribution in [-0.4, -0.2) is 24.5 Å². The van der Waals surface area contributed by atoms with E-state index in [9.17, 15) is 4.79 Å². The monoisotopic (exact) mass is 317 g/mol. The van der Waals surface area contributed by atoms with Crippen molar-refractivity contribution in [1.82, 2.24) is 10.3 Å². The van der Waals surface area contributed by atoms with E-state index in [1.807, 2.05) is 12.4 Å². The summed E-state index contributed by atoms with van der Waals surface area (Å²) >= 11 is 1.58. The van der Waals surface area contributed by atoms with Crippen molar-refractivity contribution in [1.29, 1.82) is 0 Å². The van der Waals surface area contributed by atoms with Gasteiger partial charge in [0, 0.05) is 31.8 Å². The van der Waals surface area contributed by atoms with E-state index in [4.69, 9.17) is 0 Å². The van der Waals surface area contributed by atoms with Gasteiger partial charge in [-0.3, -0.25) is 4.79 Å². The van der Waals surface area contributed by atoms with Crippen LogP contribution in [0.4, 0.5) is 5.13 Å². The minimum atomic E-state index is 0.101. The van der Waals surface area contributed by atoms with E-state index in [0.29, 0.717) is 13.0 Å². The van der Waals surface area contributed by atoms with Crippen LogP contribution in [0.3, 0.4) is 0 Å². The maximum Gasteiger partial charge on any atom is 0.220 e. The average molecular weight is 317 g/mol. The van der Waals surface area contributed by atoms with Crippen LogP contribution in [0.5, 0.6) is 0 Å². The maximum absolute atomic E-state index is 11.8. The highest BCUT2D eigenvalue weighted by Crippen LogP contribution is 2.14. The maximum atomic E-state index is 11.8. The van der Waals surface area contributed by atoms with E-state index in [1.165, 1.54) is 11.1 Å². The number of hydrogen-bond acceptors (Lipinski definition) is 4. The van der Waals surface area contributed by atoms with Crippen molar-refractivity contribution >= 4 is 22.4 Å². The van der Waals surface area contributed by atoms with Gasteiger partial charge in [0.25, 0.3) is 0 Å². The first-order valence-corrected chi connectivity index (χ1v) is 8.56. The molecule has 0 aliphatic rings. The SMILES string of the molecule is CCc1ccc(CCC(=O)NCCc2csc(NC)n2)cc1. The Kier molecular flexibility index (Phi) is 6.40. The molecule has 1 aromatic carbocycles. The van der Waals surface area contributed by atoms with E-state index in [2.05, 4.69) is 46.8 Å². The molecule has 0 radical (unpaired) electrons. The van der Waals surface area contributed by atoms with Gasteiger partial charge in [0.15, 0.2) is 5.13 Å². The number of anilines is 1. The Morgan fingerprint density at radius 3 is 2.55 bits per heavy atom. The Balaban J connectivity index is 1.66. The van der Waals surface area contributed by atoms with Gasteiger partial charge in [-0.05, 0) is 24.0 Å². The number of nitrogens with zero attached hydrogens (tertiary/aromatic N) is 1. The standard InChI is InChI=1S/C17H23N3OS/c1-3-13-4-6-14(7-5-13)8-9-16(21)19-11-10-15-12-22-17(18-2)20-15/h4-7,12H,3,8-11H2,1-2H3,(H,18,20)(H,19,21). The van der Waals surface area contributed by atoms with Crippen LogP contribution < -0.4 is 10.6 Å². The molecule has 0 unspecified atom stereocenters. The number of thiazole rings is 1. The minimum Gasteiger partial charge on any atom is -0.365 e. The molecule has 0 aliphatic heterocycles. The normalized spacial score (nSPS) is 10.5. The summed E-state index contributed by atoms with van der Waals surface area (Å²) in [4.78, 5) is 16.2. The van der Waals surface area contributed by atoms with Crippen molar-refractivity contribution in [2.24, 2.45) is 0 Å². The first-order valence-electron chi connectivity index (χ1n) is 7.68. The zero-order valence-electron chi connectivity index (χ0n) is 13.2. The Bertz CT molecular complexity index is 592. The van der Waals surface area contributed by atoms with Crippen molar-refractivity contribution in [3.05, 3.63) is 46.5 Å². The molecule has 22 heavy (non-hydrogen) atoms. The molecule has 0 spiro atoms. The zero-order valence-corrected chi connectivity index (χ0v) is 14.0. The fraction of sp³-hybridized carbons (Fsp3) is 0.412. The molecule has 0 aliphatic carbocycles. The lowest BCUT2D eigenvalue weighted by molar-refractivity contribution is -0.121. The number of carbonyl (C=O) groups is 1. The zero-order chi connectivity index (χ0) is 15.8. The lowest BCUT2D eigenvalue weighted by Gasteiger charge is -2.05. The van der Waals surface area contributed by atoms with Gasteiger partial charge in [-0.2, -0.15) is 0 Å². The lowest BCUT2D eigenvalue weighted by atomic mass is 10.1. The largest absolute Gasteiger partial charge is 0.365 e. The summed E-state index contributed by atoms with van der Waals surface area (Å²) in [7, 11) is 1.86. The number of amides is 1. The van der Waals surface area contributed by atoms with Crippen LogP contribution in [0, 0.1) is 0 Å². The van der Waals surface area contributed by atoms with Gasteiger partial charge in [-0.15, -0.1) is 11.3 Å². The van der Waals surface area contributed by atoms with Gasteiger partial charge >= 0.3 is 0 Å². The third-order valence-corrected chi connectivity index (χ3v) is 4.45. The summed E-state index contributed by atoms with van der Waals surface area (Å²) in [6.07, 6.45) is 3.14. The smallest absolute Gasteiger partial charge is 0.220 e. The second-order valence-corrected chi connectivity index (χ2v) is 6.02. The molecule has 1 heterocycles. The molecule has 2 N–H and O–H groups in total. The minimum absolute atomic E-state index is 0.101. The number of aromatic nitrogens is 1. The second-order valence-electron chi connectivity index (χ2n) is 5.16. The molecule has 0 bridgehead atoms. The van der Waals surface area contributed by atoms with Crippen LogP contribution in [-0.2, 0) is 24.1 Å². The second kappa shape index (κ2) is 8.54. The number of carbonyl (C=O) groups excluding carboxylic acids is 1. The number of rotatable bonds is 8. The topological polar surface area (TPSA) is 54.0 Å².